The topological polar surface area (TPSA) is 136 Å². The lowest BCUT2D eigenvalue weighted by Crippen LogP contribution is -2.43. The minimum atomic E-state index is -0.562. The normalized spacial score (nSPS) is 13.7. The van der Waals surface area contributed by atoms with Gasteiger partial charge in [-0.2, -0.15) is 10.2 Å². The molecule has 0 unspecified atom stereocenters. The first-order chi connectivity index (χ1) is 21.6. The number of carbonyl (C=O) groups is 3. The molecule has 5 aromatic rings. The second-order valence-corrected chi connectivity index (χ2v) is 10.9. The molecule has 2 N–H and O–H groups in total. The summed E-state index contributed by atoms with van der Waals surface area (Å²) in [5.41, 5.74) is 4.82. The van der Waals surface area contributed by atoms with Crippen LogP contribution in [0.25, 0.3) is 16.4 Å². The predicted molar refractivity (Wildman–Crippen MR) is 166 cm³/mol. The number of nitrogens with one attached hydrogen (secondary N) is 2. The number of carbonyl (C=O) groups excluding carboxylic acids is 3. The molecule has 0 bridgehead atoms. The van der Waals surface area contributed by atoms with Gasteiger partial charge in [0, 0.05) is 63.7 Å². The van der Waals surface area contributed by atoms with Crippen molar-refractivity contribution >= 4 is 45.8 Å². The number of likely N-dealkylation sites (tertiary alicyclic amines) is 1. The number of amides is 1. The van der Waals surface area contributed by atoms with Crippen LogP contribution in [-0.4, -0.2) is 66.3 Å². The molecule has 1 saturated heterocycles. The third-order valence-electron chi connectivity index (χ3n) is 7.34. The number of halogens is 1. The molecule has 4 heterocycles. The van der Waals surface area contributed by atoms with Crippen LogP contribution < -0.4 is 10.6 Å². The molecule has 1 aliphatic rings. The molecule has 0 atom stereocenters. The lowest BCUT2D eigenvalue weighted by molar-refractivity contribution is -0.156. The first-order valence-electron chi connectivity index (χ1n) is 14.6. The number of hydrogen-bond donors (Lipinski definition) is 2. The first kappa shape index (κ1) is 31.3. The van der Waals surface area contributed by atoms with Gasteiger partial charge in [-0.3, -0.25) is 24.0 Å². The van der Waals surface area contributed by atoms with E-state index in [0.717, 1.165) is 71.5 Å². The van der Waals surface area contributed by atoms with Crippen molar-refractivity contribution < 1.29 is 23.5 Å². The van der Waals surface area contributed by atoms with E-state index in [1.54, 1.807) is 19.3 Å². The summed E-state index contributed by atoms with van der Waals surface area (Å²) in [6, 6.07) is 15.0. The lowest BCUT2D eigenvalue weighted by Gasteiger charge is -2.32. The number of fused-ring (bicyclic) bond motifs is 2. The van der Waals surface area contributed by atoms with Gasteiger partial charge in [0.1, 0.15) is 17.7 Å². The molecule has 0 saturated carbocycles. The van der Waals surface area contributed by atoms with E-state index in [1.165, 1.54) is 26.0 Å². The Morgan fingerprint density at radius 3 is 2.44 bits per heavy atom. The summed E-state index contributed by atoms with van der Waals surface area (Å²) < 4.78 is 21.3. The molecule has 1 fully saturated rings. The molecule has 0 spiro atoms. The average molecular weight is 615 g/mol. The number of esters is 2. The molecule has 1 amide bonds. The Morgan fingerprint density at radius 1 is 0.978 bits per heavy atom. The van der Waals surface area contributed by atoms with Crippen molar-refractivity contribution in [2.75, 3.05) is 18.4 Å². The fourth-order valence-corrected chi connectivity index (χ4v) is 5.44. The number of hydrogen-bond acceptors (Lipinski definition) is 9. The molecule has 45 heavy (non-hydrogen) atoms. The second-order valence-electron chi connectivity index (χ2n) is 10.9. The van der Waals surface area contributed by atoms with E-state index in [1.807, 2.05) is 45.9 Å². The van der Waals surface area contributed by atoms with Crippen molar-refractivity contribution in [3.8, 4) is 0 Å². The van der Waals surface area contributed by atoms with E-state index in [-0.39, 0.29) is 17.8 Å². The fraction of sp³-hybridized carbons (Fsp3) is 0.312. The standard InChI is InChI=1S/C28H29FN8O.C4H6O3/c1-19(38)33-24-8-10-35(11-9-24)17-21-7-12-36-27(21)28(30-18-32-36)34-25-5-6-26-22(14-25)15-31-37(26)16-20-3-2-4-23(29)13-20;1-3(5)7-4(2)6/h2-7,12-15,18,24H,8-11,16-17H2,1H3,(H,33,38)(H,30,32,34);1-2H3. The van der Waals surface area contributed by atoms with Crippen molar-refractivity contribution in [3.63, 3.8) is 0 Å². The Bertz CT molecular complexity index is 1810. The van der Waals surface area contributed by atoms with Crippen LogP contribution in [0.1, 0.15) is 44.7 Å². The Hall–Kier alpha value is -5.17. The summed E-state index contributed by atoms with van der Waals surface area (Å²) in [5.74, 6) is -0.604. The highest BCUT2D eigenvalue weighted by atomic mass is 19.1. The van der Waals surface area contributed by atoms with Crippen LogP contribution >= 0.6 is 0 Å². The number of piperidine rings is 1. The third-order valence-corrected chi connectivity index (χ3v) is 7.34. The predicted octanol–water partition coefficient (Wildman–Crippen LogP) is 4.21. The maximum absolute atomic E-state index is 13.6. The number of benzene rings is 2. The lowest BCUT2D eigenvalue weighted by atomic mass is 10.0. The zero-order valence-corrected chi connectivity index (χ0v) is 25.4. The smallest absolute Gasteiger partial charge is 0.310 e. The average Bonchev–Trinajstić information content (AvgIpc) is 3.58. The second kappa shape index (κ2) is 14.1. The molecule has 12 nitrogen and oxygen atoms in total. The number of rotatable bonds is 7. The first-order valence-corrected chi connectivity index (χ1v) is 14.6. The summed E-state index contributed by atoms with van der Waals surface area (Å²) >= 11 is 0. The van der Waals surface area contributed by atoms with E-state index in [4.69, 9.17) is 0 Å². The molecular weight excluding hydrogens is 579 g/mol. The van der Waals surface area contributed by atoms with E-state index in [0.29, 0.717) is 6.54 Å². The van der Waals surface area contributed by atoms with Crippen LogP contribution in [0.3, 0.4) is 0 Å². The van der Waals surface area contributed by atoms with Gasteiger partial charge >= 0.3 is 11.9 Å². The molecule has 6 rings (SSSR count). The third kappa shape index (κ3) is 8.26. The van der Waals surface area contributed by atoms with Gasteiger partial charge in [0.05, 0.1) is 18.3 Å². The van der Waals surface area contributed by atoms with Crippen LogP contribution in [0.4, 0.5) is 15.9 Å². The maximum atomic E-state index is 13.6. The summed E-state index contributed by atoms with van der Waals surface area (Å²) in [4.78, 5) is 38.0. The van der Waals surface area contributed by atoms with E-state index < -0.39 is 11.9 Å². The van der Waals surface area contributed by atoms with Crippen LogP contribution in [0.15, 0.2) is 67.3 Å². The number of ether oxygens (including phenoxy) is 1. The van der Waals surface area contributed by atoms with Gasteiger partial charge in [0.15, 0.2) is 5.82 Å². The minimum absolute atomic E-state index is 0.0341. The van der Waals surface area contributed by atoms with Crippen molar-refractivity contribution in [3.05, 3.63) is 84.2 Å². The van der Waals surface area contributed by atoms with Crippen LogP contribution in [-0.2, 0) is 32.2 Å². The number of aromatic nitrogens is 5. The van der Waals surface area contributed by atoms with Crippen molar-refractivity contribution in [2.24, 2.45) is 0 Å². The molecule has 234 valence electrons. The van der Waals surface area contributed by atoms with Gasteiger partial charge in [0.25, 0.3) is 0 Å². The zero-order valence-electron chi connectivity index (χ0n) is 25.4. The molecular formula is C32H35FN8O4. The van der Waals surface area contributed by atoms with Gasteiger partial charge in [-0.05, 0) is 60.4 Å². The summed E-state index contributed by atoms with van der Waals surface area (Å²) in [6.07, 6.45) is 7.22. The fourth-order valence-electron chi connectivity index (χ4n) is 5.44. The number of nitrogens with zero attached hydrogens (tertiary/aromatic N) is 6. The van der Waals surface area contributed by atoms with Crippen molar-refractivity contribution in [1.29, 1.82) is 0 Å². The summed E-state index contributed by atoms with van der Waals surface area (Å²) in [6.45, 7) is 7.07. The van der Waals surface area contributed by atoms with Gasteiger partial charge in [-0.15, -0.1) is 0 Å². The summed E-state index contributed by atoms with van der Waals surface area (Å²) in [7, 11) is 0. The zero-order chi connectivity index (χ0) is 31.9. The minimum Gasteiger partial charge on any atom is -0.394 e. The molecule has 2 aromatic carbocycles. The Morgan fingerprint density at radius 2 is 1.76 bits per heavy atom. The quantitative estimate of drug-likeness (QED) is 0.204. The van der Waals surface area contributed by atoms with Crippen LogP contribution in [0, 0.1) is 5.82 Å². The molecule has 0 radical (unpaired) electrons. The molecule has 13 heteroatoms. The van der Waals surface area contributed by atoms with E-state index in [2.05, 4.69) is 41.5 Å². The van der Waals surface area contributed by atoms with Gasteiger partial charge < -0.3 is 15.4 Å². The van der Waals surface area contributed by atoms with E-state index in [9.17, 15) is 18.8 Å². The number of anilines is 2. The highest BCUT2D eigenvalue weighted by Gasteiger charge is 2.21. The summed E-state index contributed by atoms with van der Waals surface area (Å²) in [5, 5.41) is 16.4. The monoisotopic (exact) mass is 614 g/mol. The van der Waals surface area contributed by atoms with E-state index >= 15 is 0 Å². The largest absolute Gasteiger partial charge is 0.394 e. The maximum Gasteiger partial charge on any atom is 0.310 e. The van der Waals surface area contributed by atoms with Crippen LogP contribution in [0.2, 0.25) is 0 Å². The Balaban J connectivity index is 0.000000515. The van der Waals surface area contributed by atoms with Gasteiger partial charge in [0.2, 0.25) is 5.91 Å². The van der Waals surface area contributed by atoms with Gasteiger partial charge in [-0.25, -0.2) is 13.9 Å². The Kier molecular flexibility index (Phi) is 9.78. The molecule has 3 aromatic heterocycles. The van der Waals surface area contributed by atoms with Crippen molar-refractivity contribution in [1.82, 2.24) is 34.6 Å². The van der Waals surface area contributed by atoms with Crippen LogP contribution in [0.5, 0.6) is 0 Å². The highest BCUT2D eigenvalue weighted by molar-refractivity contribution is 5.85. The highest BCUT2D eigenvalue weighted by Crippen LogP contribution is 2.27. The van der Waals surface area contributed by atoms with Crippen molar-refractivity contribution in [2.45, 2.75) is 52.7 Å². The molecule has 0 aliphatic carbocycles. The SMILES string of the molecule is CC(=O)NC1CCN(Cc2ccn3ncnc(Nc4ccc5c(cnn5Cc5cccc(F)c5)c4)c23)CC1.CC(=O)OC(C)=O. The Labute approximate surface area is 259 Å². The van der Waals surface area contributed by atoms with Gasteiger partial charge in [-0.1, -0.05) is 12.1 Å². The molecule has 1 aliphatic heterocycles.